The van der Waals surface area contributed by atoms with Gasteiger partial charge in [0.2, 0.25) is 0 Å². The Bertz CT molecular complexity index is 498. The number of benzene rings is 1. The van der Waals surface area contributed by atoms with E-state index in [2.05, 4.69) is 0 Å². The molecule has 0 aliphatic carbocycles. The zero-order valence-corrected chi connectivity index (χ0v) is 10.9. The summed E-state index contributed by atoms with van der Waals surface area (Å²) in [6, 6.07) is 7.35. The molecule has 0 saturated carbocycles. The Labute approximate surface area is 106 Å². The number of Topliss-reactive ketones (excluding diaryl/α,β-unsaturated/α-hetero) is 1. The second kappa shape index (κ2) is 4.53. The number of amides is 1. The number of ketones is 1. The standard InChI is InChI=1S/C14H17NO3/c1-10-6-4-5-7-11(10)12(16)14(2)8-9-15(18-3)13(14)17/h4-7H,8-9H2,1-3H3/t14-/m0/s1. The number of rotatable bonds is 3. The Hall–Kier alpha value is -1.68. The van der Waals surface area contributed by atoms with Crippen LogP contribution in [0.4, 0.5) is 0 Å². The van der Waals surface area contributed by atoms with E-state index in [0.29, 0.717) is 18.5 Å². The van der Waals surface area contributed by atoms with E-state index in [1.807, 2.05) is 25.1 Å². The summed E-state index contributed by atoms with van der Waals surface area (Å²) in [5, 5.41) is 1.26. The number of carbonyl (C=O) groups excluding carboxylic acids is 2. The van der Waals surface area contributed by atoms with Crippen LogP contribution in [-0.4, -0.2) is 30.4 Å². The van der Waals surface area contributed by atoms with E-state index >= 15 is 0 Å². The number of nitrogens with zero attached hydrogens (tertiary/aromatic N) is 1. The van der Waals surface area contributed by atoms with Crippen LogP contribution in [0.25, 0.3) is 0 Å². The molecule has 1 aliphatic heterocycles. The Morgan fingerprint density at radius 1 is 1.39 bits per heavy atom. The molecule has 1 fully saturated rings. The summed E-state index contributed by atoms with van der Waals surface area (Å²) < 4.78 is 0. The predicted molar refractivity (Wildman–Crippen MR) is 67.0 cm³/mol. The van der Waals surface area contributed by atoms with Gasteiger partial charge in [0.25, 0.3) is 5.91 Å². The maximum absolute atomic E-state index is 12.6. The molecule has 0 spiro atoms. The molecule has 96 valence electrons. The van der Waals surface area contributed by atoms with Gasteiger partial charge in [0.15, 0.2) is 5.78 Å². The highest BCUT2D eigenvalue weighted by Gasteiger charge is 2.49. The maximum atomic E-state index is 12.6. The van der Waals surface area contributed by atoms with Gasteiger partial charge >= 0.3 is 0 Å². The molecule has 0 radical (unpaired) electrons. The van der Waals surface area contributed by atoms with Crippen molar-refractivity contribution in [1.29, 1.82) is 0 Å². The first-order valence-corrected chi connectivity index (χ1v) is 5.97. The van der Waals surface area contributed by atoms with Crippen LogP contribution in [0, 0.1) is 12.3 Å². The summed E-state index contributed by atoms with van der Waals surface area (Å²) in [7, 11) is 1.45. The van der Waals surface area contributed by atoms with Crippen LogP contribution >= 0.6 is 0 Å². The average Bonchev–Trinajstić information content (AvgIpc) is 2.67. The predicted octanol–water partition coefficient (Wildman–Crippen LogP) is 1.98. The number of hydrogen-bond donors (Lipinski definition) is 0. The van der Waals surface area contributed by atoms with Crippen LogP contribution in [0.15, 0.2) is 24.3 Å². The van der Waals surface area contributed by atoms with Crippen molar-refractivity contribution in [3.8, 4) is 0 Å². The van der Waals surface area contributed by atoms with Crippen LogP contribution in [0.2, 0.25) is 0 Å². The molecule has 1 saturated heterocycles. The van der Waals surface area contributed by atoms with Gasteiger partial charge in [0.05, 0.1) is 13.7 Å². The fourth-order valence-electron chi connectivity index (χ4n) is 2.32. The van der Waals surface area contributed by atoms with E-state index in [4.69, 9.17) is 4.84 Å². The van der Waals surface area contributed by atoms with Gasteiger partial charge < -0.3 is 0 Å². The molecule has 4 nitrogen and oxygen atoms in total. The molecular weight excluding hydrogens is 230 g/mol. The van der Waals surface area contributed by atoms with Gasteiger partial charge in [-0.15, -0.1) is 0 Å². The summed E-state index contributed by atoms with van der Waals surface area (Å²) >= 11 is 0. The quantitative estimate of drug-likeness (QED) is 0.606. The topological polar surface area (TPSA) is 46.6 Å². The molecule has 4 heteroatoms. The van der Waals surface area contributed by atoms with Gasteiger partial charge in [-0.3, -0.25) is 14.4 Å². The monoisotopic (exact) mass is 247 g/mol. The molecule has 2 rings (SSSR count). The third-order valence-electron chi connectivity index (χ3n) is 3.62. The Balaban J connectivity index is 2.35. The first-order chi connectivity index (χ1) is 8.50. The molecule has 0 unspecified atom stereocenters. The largest absolute Gasteiger partial charge is 0.293 e. The number of carbonyl (C=O) groups is 2. The van der Waals surface area contributed by atoms with Crippen LogP contribution in [-0.2, 0) is 9.63 Å². The van der Waals surface area contributed by atoms with Gasteiger partial charge in [-0.2, -0.15) is 0 Å². The van der Waals surface area contributed by atoms with Crippen molar-refractivity contribution in [2.24, 2.45) is 5.41 Å². The Morgan fingerprint density at radius 2 is 2.06 bits per heavy atom. The van der Waals surface area contributed by atoms with Gasteiger partial charge in [-0.25, -0.2) is 5.06 Å². The minimum atomic E-state index is -0.998. The first-order valence-electron chi connectivity index (χ1n) is 5.97. The van der Waals surface area contributed by atoms with Crippen molar-refractivity contribution < 1.29 is 14.4 Å². The van der Waals surface area contributed by atoms with Crippen LogP contribution in [0.3, 0.4) is 0 Å². The van der Waals surface area contributed by atoms with Crippen LogP contribution in [0.5, 0.6) is 0 Å². The minimum Gasteiger partial charge on any atom is -0.293 e. The fraction of sp³-hybridized carbons (Fsp3) is 0.429. The minimum absolute atomic E-state index is 0.120. The summed E-state index contributed by atoms with van der Waals surface area (Å²) in [6.07, 6.45) is 0.493. The van der Waals surface area contributed by atoms with Crippen molar-refractivity contribution in [3.63, 3.8) is 0 Å². The lowest BCUT2D eigenvalue weighted by Gasteiger charge is -2.21. The maximum Gasteiger partial charge on any atom is 0.259 e. The second-order valence-electron chi connectivity index (χ2n) is 4.82. The zero-order valence-electron chi connectivity index (χ0n) is 10.9. The average molecular weight is 247 g/mol. The molecule has 1 aromatic carbocycles. The van der Waals surface area contributed by atoms with Crippen molar-refractivity contribution in [1.82, 2.24) is 5.06 Å². The van der Waals surface area contributed by atoms with Gasteiger partial charge in [-0.05, 0) is 25.8 Å². The number of aryl methyl sites for hydroxylation is 1. The highest BCUT2D eigenvalue weighted by atomic mass is 16.7. The second-order valence-corrected chi connectivity index (χ2v) is 4.82. The highest BCUT2D eigenvalue weighted by Crippen LogP contribution is 2.35. The highest BCUT2D eigenvalue weighted by molar-refractivity contribution is 6.14. The van der Waals surface area contributed by atoms with Crippen molar-refractivity contribution in [2.45, 2.75) is 20.3 Å². The summed E-state index contributed by atoms with van der Waals surface area (Å²) in [4.78, 5) is 29.7. The summed E-state index contributed by atoms with van der Waals surface area (Å²) in [6.45, 7) is 4.04. The number of hydroxylamine groups is 2. The van der Waals surface area contributed by atoms with Gasteiger partial charge in [-0.1, -0.05) is 24.3 Å². The molecule has 18 heavy (non-hydrogen) atoms. The van der Waals surface area contributed by atoms with E-state index in [1.165, 1.54) is 12.2 Å². The Kier molecular flexibility index (Phi) is 3.22. The van der Waals surface area contributed by atoms with E-state index in [0.717, 1.165) is 5.56 Å². The van der Waals surface area contributed by atoms with Gasteiger partial charge in [0, 0.05) is 5.56 Å². The molecule has 0 aromatic heterocycles. The summed E-state index contributed by atoms with van der Waals surface area (Å²) in [5.74, 6) is -0.372. The molecule has 1 atom stereocenters. The van der Waals surface area contributed by atoms with Crippen LogP contribution in [0.1, 0.15) is 29.3 Å². The Morgan fingerprint density at radius 3 is 2.61 bits per heavy atom. The van der Waals surface area contributed by atoms with Crippen LogP contribution < -0.4 is 0 Å². The molecular formula is C14H17NO3. The normalized spacial score (nSPS) is 23.5. The van der Waals surface area contributed by atoms with E-state index < -0.39 is 5.41 Å². The lowest BCUT2D eigenvalue weighted by Crippen LogP contribution is -2.38. The molecule has 1 heterocycles. The summed E-state index contributed by atoms with van der Waals surface area (Å²) in [5.41, 5.74) is 0.515. The van der Waals surface area contributed by atoms with Crippen molar-refractivity contribution in [3.05, 3.63) is 35.4 Å². The third kappa shape index (κ3) is 1.82. The van der Waals surface area contributed by atoms with E-state index in [1.54, 1.807) is 13.0 Å². The smallest absolute Gasteiger partial charge is 0.259 e. The van der Waals surface area contributed by atoms with Crippen molar-refractivity contribution >= 4 is 11.7 Å². The molecule has 1 aliphatic rings. The van der Waals surface area contributed by atoms with E-state index in [-0.39, 0.29) is 11.7 Å². The fourth-order valence-corrected chi connectivity index (χ4v) is 2.32. The van der Waals surface area contributed by atoms with E-state index in [9.17, 15) is 9.59 Å². The first kappa shape index (κ1) is 12.8. The molecule has 0 bridgehead atoms. The molecule has 0 N–H and O–H groups in total. The van der Waals surface area contributed by atoms with Gasteiger partial charge in [0.1, 0.15) is 5.41 Å². The van der Waals surface area contributed by atoms with Crippen molar-refractivity contribution in [2.75, 3.05) is 13.7 Å². The number of hydrogen-bond acceptors (Lipinski definition) is 3. The SMILES string of the molecule is CON1CC[C@@](C)(C(=O)c2ccccc2C)C1=O. The lowest BCUT2D eigenvalue weighted by atomic mass is 9.80. The lowest BCUT2D eigenvalue weighted by molar-refractivity contribution is -0.171. The third-order valence-corrected chi connectivity index (χ3v) is 3.62. The molecule has 1 amide bonds. The zero-order chi connectivity index (χ0) is 13.3. The molecule has 1 aromatic rings.